The zero-order valence-electron chi connectivity index (χ0n) is 13.5. The normalized spacial score (nSPS) is 17.3. The van der Waals surface area contributed by atoms with Gasteiger partial charge in [0.15, 0.2) is 0 Å². The van der Waals surface area contributed by atoms with Crippen LogP contribution in [0.5, 0.6) is 0 Å². The number of aliphatic hydroxyl groups is 1. The summed E-state index contributed by atoms with van der Waals surface area (Å²) in [5.74, 6) is 0.990. The van der Waals surface area contributed by atoms with E-state index in [0.717, 1.165) is 48.6 Å². The first-order chi connectivity index (χ1) is 11.8. The van der Waals surface area contributed by atoms with Gasteiger partial charge in [-0.1, -0.05) is 30.3 Å². The number of anilines is 1. The number of rotatable bonds is 4. The molecule has 0 radical (unpaired) electrons. The minimum absolute atomic E-state index is 0.437. The van der Waals surface area contributed by atoms with Gasteiger partial charge in [0, 0.05) is 38.9 Å². The molecule has 24 heavy (non-hydrogen) atoms. The van der Waals surface area contributed by atoms with Crippen LogP contribution in [0.4, 0.5) is 5.82 Å². The largest absolute Gasteiger partial charge is 0.387 e. The second kappa shape index (κ2) is 6.59. The van der Waals surface area contributed by atoms with Crippen LogP contribution in [0.25, 0.3) is 11.0 Å². The van der Waals surface area contributed by atoms with Crippen molar-refractivity contribution in [2.45, 2.75) is 6.10 Å². The molecule has 6 nitrogen and oxygen atoms in total. The van der Waals surface area contributed by atoms with E-state index in [9.17, 15) is 5.11 Å². The van der Waals surface area contributed by atoms with E-state index in [1.54, 1.807) is 6.33 Å². The van der Waals surface area contributed by atoms with Gasteiger partial charge in [0.2, 0.25) is 0 Å². The molecule has 3 aromatic rings. The first kappa shape index (κ1) is 15.1. The topological polar surface area (TPSA) is 68.3 Å². The lowest BCUT2D eigenvalue weighted by Crippen LogP contribution is -2.47. The van der Waals surface area contributed by atoms with E-state index in [2.05, 4.69) is 24.8 Å². The molecule has 1 unspecified atom stereocenters. The van der Waals surface area contributed by atoms with E-state index in [1.165, 1.54) is 0 Å². The van der Waals surface area contributed by atoms with Crippen LogP contribution in [0.2, 0.25) is 0 Å². The standard InChI is InChI=1S/C18H21N5O/c24-16(14-4-2-1-3-5-14)12-22-8-10-23(11-9-22)18-15-6-7-19-17(15)20-13-21-18/h1-7,13,16,24H,8-12H2,(H,19,20,21). The molecule has 0 bridgehead atoms. The number of H-pyrrole nitrogens is 1. The van der Waals surface area contributed by atoms with Crippen molar-refractivity contribution in [1.82, 2.24) is 19.9 Å². The number of β-amino-alcohol motifs (C(OH)–C–C–N with tert-alkyl or cyclic N) is 1. The maximum atomic E-state index is 10.4. The Morgan fingerprint density at radius 2 is 1.83 bits per heavy atom. The van der Waals surface area contributed by atoms with Crippen LogP contribution in [-0.2, 0) is 0 Å². The highest BCUT2D eigenvalue weighted by molar-refractivity contribution is 5.87. The van der Waals surface area contributed by atoms with Crippen molar-refractivity contribution in [3.05, 3.63) is 54.5 Å². The van der Waals surface area contributed by atoms with Gasteiger partial charge in [-0.2, -0.15) is 0 Å². The molecule has 1 atom stereocenters. The summed E-state index contributed by atoms with van der Waals surface area (Å²) in [6.07, 6.45) is 3.07. The second-order valence-electron chi connectivity index (χ2n) is 6.15. The summed E-state index contributed by atoms with van der Waals surface area (Å²) in [6, 6.07) is 11.9. The van der Waals surface area contributed by atoms with Gasteiger partial charge in [0.25, 0.3) is 0 Å². The molecular weight excluding hydrogens is 302 g/mol. The van der Waals surface area contributed by atoms with Crippen LogP contribution in [0.1, 0.15) is 11.7 Å². The molecule has 3 heterocycles. The number of nitrogens with one attached hydrogen (secondary N) is 1. The number of benzene rings is 1. The third kappa shape index (κ3) is 2.98. The lowest BCUT2D eigenvalue weighted by molar-refractivity contribution is 0.109. The summed E-state index contributed by atoms with van der Waals surface area (Å²) in [5.41, 5.74) is 1.85. The fourth-order valence-electron chi connectivity index (χ4n) is 3.28. The number of fused-ring (bicyclic) bond motifs is 1. The van der Waals surface area contributed by atoms with E-state index in [1.807, 2.05) is 42.6 Å². The Bertz CT molecular complexity index is 795. The quantitative estimate of drug-likeness (QED) is 0.766. The third-order valence-corrected chi connectivity index (χ3v) is 4.62. The molecule has 1 fully saturated rings. The number of aliphatic hydroxyl groups excluding tert-OH is 1. The molecule has 1 aromatic carbocycles. The molecule has 4 rings (SSSR count). The average Bonchev–Trinajstić information content (AvgIpc) is 3.12. The van der Waals surface area contributed by atoms with Crippen LogP contribution in [-0.4, -0.2) is 57.7 Å². The van der Waals surface area contributed by atoms with Crippen molar-refractivity contribution in [3.63, 3.8) is 0 Å². The molecule has 124 valence electrons. The predicted octanol–water partition coefficient (Wildman–Crippen LogP) is 1.81. The highest BCUT2D eigenvalue weighted by Crippen LogP contribution is 2.23. The van der Waals surface area contributed by atoms with Crippen LogP contribution in [0.15, 0.2) is 48.9 Å². The molecule has 0 spiro atoms. The summed E-state index contributed by atoms with van der Waals surface area (Å²) in [7, 11) is 0. The van der Waals surface area contributed by atoms with Gasteiger partial charge in [0.05, 0.1) is 11.5 Å². The lowest BCUT2D eigenvalue weighted by Gasteiger charge is -2.36. The molecule has 2 N–H and O–H groups in total. The first-order valence-electron chi connectivity index (χ1n) is 8.29. The van der Waals surface area contributed by atoms with Crippen molar-refractivity contribution < 1.29 is 5.11 Å². The Labute approximate surface area is 140 Å². The van der Waals surface area contributed by atoms with Crippen molar-refractivity contribution >= 4 is 16.9 Å². The molecule has 0 saturated carbocycles. The van der Waals surface area contributed by atoms with Crippen molar-refractivity contribution in [3.8, 4) is 0 Å². The number of aromatic nitrogens is 3. The maximum absolute atomic E-state index is 10.4. The van der Waals surface area contributed by atoms with Crippen LogP contribution >= 0.6 is 0 Å². The summed E-state index contributed by atoms with van der Waals surface area (Å²) in [6.45, 7) is 4.30. The maximum Gasteiger partial charge on any atom is 0.142 e. The minimum Gasteiger partial charge on any atom is -0.387 e. The Hall–Kier alpha value is -2.44. The molecule has 1 aliphatic heterocycles. The first-order valence-corrected chi connectivity index (χ1v) is 8.29. The van der Waals surface area contributed by atoms with E-state index in [-0.39, 0.29) is 0 Å². The molecule has 0 aliphatic carbocycles. The van der Waals surface area contributed by atoms with Gasteiger partial charge >= 0.3 is 0 Å². The molecule has 1 saturated heterocycles. The van der Waals surface area contributed by atoms with Gasteiger partial charge in [0.1, 0.15) is 17.8 Å². The second-order valence-corrected chi connectivity index (χ2v) is 6.15. The van der Waals surface area contributed by atoms with E-state index in [0.29, 0.717) is 6.54 Å². The van der Waals surface area contributed by atoms with Crippen LogP contribution < -0.4 is 4.90 Å². The van der Waals surface area contributed by atoms with E-state index >= 15 is 0 Å². The number of nitrogens with zero attached hydrogens (tertiary/aromatic N) is 4. The van der Waals surface area contributed by atoms with Crippen molar-refractivity contribution in [1.29, 1.82) is 0 Å². The Morgan fingerprint density at radius 1 is 1.04 bits per heavy atom. The third-order valence-electron chi connectivity index (χ3n) is 4.62. The Morgan fingerprint density at radius 3 is 2.62 bits per heavy atom. The van der Waals surface area contributed by atoms with E-state index < -0.39 is 6.10 Å². The summed E-state index contributed by atoms with van der Waals surface area (Å²) in [5, 5.41) is 11.5. The summed E-state index contributed by atoms with van der Waals surface area (Å²) in [4.78, 5) is 16.4. The van der Waals surface area contributed by atoms with Crippen LogP contribution in [0, 0.1) is 0 Å². The minimum atomic E-state index is -0.437. The van der Waals surface area contributed by atoms with Gasteiger partial charge in [-0.25, -0.2) is 9.97 Å². The Kier molecular flexibility index (Phi) is 4.15. The summed E-state index contributed by atoms with van der Waals surface area (Å²) < 4.78 is 0. The fourth-order valence-corrected chi connectivity index (χ4v) is 3.28. The smallest absolute Gasteiger partial charge is 0.142 e. The van der Waals surface area contributed by atoms with Crippen LogP contribution in [0.3, 0.4) is 0 Å². The number of aromatic amines is 1. The average molecular weight is 323 g/mol. The highest BCUT2D eigenvalue weighted by Gasteiger charge is 2.22. The Balaban J connectivity index is 1.39. The fraction of sp³-hybridized carbons (Fsp3) is 0.333. The van der Waals surface area contributed by atoms with Gasteiger partial charge in [-0.15, -0.1) is 0 Å². The molecule has 0 amide bonds. The van der Waals surface area contributed by atoms with Gasteiger partial charge in [-0.3, -0.25) is 4.90 Å². The molecule has 6 heteroatoms. The SMILES string of the molecule is OC(CN1CCN(c2ncnc3[nH]ccc23)CC1)c1ccccc1. The number of piperazine rings is 1. The summed E-state index contributed by atoms with van der Waals surface area (Å²) >= 11 is 0. The van der Waals surface area contributed by atoms with E-state index in [4.69, 9.17) is 0 Å². The highest BCUT2D eigenvalue weighted by atomic mass is 16.3. The van der Waals surface area contributed by atoms with Gasteiger partial charge in [-0.05, 0) is 11.6 Å². The lowest BCUT2D eigenvalue weighted by atomic mass is 10.1. The monoisotopic (exact) mass is 323 g/mol. The number of hydrogen-bond acceptors (Lipinski definition) is 5. The zero-order chi connectivity index (χ0) is 16.4. The zero-order valence-corrected chi connectivity index (χ0v) is 13.5. The molecule has 1 aliphatic rings. The van der Waals surface area contributed by atoms with Crippen molar-refractivity contribution in [2.24, 2.45) is 0 Å². The number of hydrogen-bond donors (Lipinski definition) is 2. The predicted molar refractivity (Wildman–Crippen MR) is 93.9 cm³/mol. The molecular formula is C18H21N5O. The van der Waals surface area contributed by atoms with Gasteiger partial charge < -0.3 is 15.0 Å². The van der Waals surface area contributed by atoms with Crippen molar-refractivity contribution in [2.75, 3.05) is 37.6 Å². The molecule has 2 aromatic heterocycles.